The van der Waals surface area contributed by atoms with Crippen molar-refractivity contribution in [2.45, 2.75) is 38.3 Å². The molecule has 0 aliphatic rings. The van der Waals surface area contributed by atoms with Gasteiger partial charge in [-0.25, -0.2) is 8.42 Å². The average Bonchev–Trinajstić information content (AvgIpc) is 3.14. The number of carbonyl (C=O) groups excluding carboxylic acids is 1. The van der Waals surface area contributed by atoms with Crippen molar-refractivity contribution in [1.29, 1.82) is 0 Å². The fourth-order valence-electron chi connectivity index (χ4n) is 3.14. The fraction of sp³-hybridized carbons (Fsp3) is 0.364. The number of hydrogen-bond donors (Lipinski definition) is 0. The number of rotatable bonds is 9. The second-order valence-electron chi connectivity index (χ2n) is 7.70. The molecule has 2 aromatic carbocycles. The smallest absolute Gasteiger partial charge is 0.279 e. The van der Waals surface area contributed by atoms with Gasteiger partial charge in [-0.15, -0.1) is 0 Å². The van der Waals surface area contributed by atoms with E-state index in [9.17, 15) is 23.3 Å². The van der Waals surface area contributed by atoms with E-state index in [1.54, 1.807) is 24.5 Å². The van der Waals surface area contributed by atoms with Gasteiger partial charge >= 0.3 is 0 Å². The van der Waals surface area contributed by atoms with Gasteiger partial charge in [0.25, 0.3) is 11.6 Å². The van der Waals surface area contributed by atoms with Gasteiger partial charge in [0.1, 0.15) is 0 Å². The maximum absolute atomic E-state index is 12.9. The number of ether oxygens (including phenoxy) is 1. The van der Waals surface area contributed by atoms with Gasteiger partial charge in [-0.3, -0.25) is 14.9 Å². The van der Waals surface area contributed by atoms with Crippen molar-refractivity contribution in [2.24, 2.45) is 4.99 Å². The van der Waals surface area contributed by atoms with Crippen molar-refractivity contribution < 1.29 is 22.9 Å². The molecule has 0 unspecified atom stereocenters. The van der Waals surface area contributed by atoms with Gasteiger partial charge in [0, 0.05) is 43.9 Å². The lowest BCUT2D eigenvalue weighted by Crippen LogP contribution is -2.33. The van der Waals surface area contributed by atoms with Crippen LogP contribution in [0.1, 0.15) is 31.1 Å². The first kappa shape index (κ1) is 25.7. The van der Waals surface area contributed by atoms with Crippen molar-refractivity contribution in [1.82, 2.24) is 8.87 Å². The first-order valence-corrected chi connectivity index (χ1v) is 12.8. The highest BCUT2D eigenvalue weighted by atomic mass is 32.2. The lowest BCUT2D eigenvalue weighted by Gasteiger charge is -2.20. The van der Waals surface area contributed by atoms with Crippen LogP contribution in [0.2, 0.25) is 0 Å². The minimum absolute atomic E-state index is 0.0493. The minimum Gasteiger partial charge on any atom is -0.380 e. The molecule has 0 aliphatic carbocycles. The van der Waals surface area contributed by atoms with E-state index in [4.69, 9.17) is 4.74 Å². The van der Waals surface area contributed by atoms with Crippen LogP contribution in [0.15, 0.2) is 52.4 Å². The van der Waals surface area contributed by atoms with Crippen LogP contribution in [-0.4, -0.2) is 54.4 Å². The van der Waals surface area contributed by atoms with Crippen LogP contribution in [0.5, 0.6) is 0 Å². The molecule has 0 saturated carbocycles. The van der Waals surface area contributed by atoms with Gasteiger partial charge in [0.15, 0.2) is 4.80 Å². The lowest BCUT2D eigenvalue weighted by atomic mass is 10.2. The SMILES string of the molecule is CCOCCn1c(=NC(=O)c2ccc(S(=O)(=O)N(C)C(C)C)cc2)sc2cc([N+](=O)[O-])ccc21. The molecule has 0 atom stereocenters. The Balaban J connectivity index is 2.00. The first-order chi connectivity index (χ1) is 16.1. The molecule has 34 heavy (non-hydrogen) atoms. The molecule has 0 bridgehead atoms. The molecule has 0 saturated heterocycles. The molecule has 1 amide bonds. The maximum Gasteiger partial charge on any atom is 0.279 e. The molecule has 1 heterocycles. The summed E-state index contributed by atoms with van der Waals surface area (Å²) in [4.78, 5) is 28.2. The summed E-state index contributed by atoms with van der Waals surface area (Å²) in [6.07, 6.45) is 0. The van der Waals surface area contributed by atoms with E-state index in [0.29, 0.717) is 34.8 Å². The van der Waals surface area contributed by atoms with Crippen LogP contribution in [0, 0.1) is 10.1 Å². The van der Waals surface area contributed by atoms with Gasteiger partial charge in [-0.05, 0) is 51.1 Å². The number of sulfonamides is 1. The second kappa shape index (κ2) is 10.6. The Morgan fingerprint density at radius 2 is 1.91 bits per heavy atom. The Labute approximate surface area is 201 Å². The highest BCUT2D eigenvalue weighted by Gasteiger charge is 2.23. The third kappa shape index (κ3) is 5.41. The van der Waals surface area contributed by atoms with Crippen LogP contribution in [0.4, 0.5) is 5.69 Å². The highest BCUT2D eigenvalue weighted by Crippen LogP contribution is 2.23. The van der Waals surface area contributed by atoms with Gasteiger partial charge in [-0.2, -0.15) is 9.30 Å². The Morgan fingerprint density at radius 3 is 2.50 bits per heavy atom. The summed E-state index contributed by atoms with van der Waals surface area (Å²) in [6.45, 7) is 6.74. The van der Waals surface area contributed by atoms with Crippen LogP contribution in [0.3, 0.4) is 0 Å². The first-order valence-electron chi connectivity index (χ1n) is 10.6. The van der Waals surface area contributed by atoms with Crippen molar-refractivity contribution in [3.05, 3.63) is 62.9 Å². The van der Waals surface area contributed by atoms with Crippen LogP contribution >= 0.6 is 11.3 Å². The third-order valence-corrected chi connectivity index (χ3v) is 8.33. The molecule has 0 N–H and O–H groups in total. The van der Waals surface area contributed by atoms with E-state index in [-0.39, 0.29) is 22.2 Å². The number of non-ortho nitro benzene ring substituents is 1. The summed E-state index contributed by atoms with van der Waals surface area (Å²) >= 11 is 1.16. The molecule has 0 fully saturated rings. The lowest BCUT2D eigenvalue weighted by molar-refractivity contribution is -0.384. The summed E-state index contributed by atoms with van der Waals surface area (Å²) in [5.74, 6) is -0.549. The topological polar surface area (TPSA) is 124 Å². The van der Waals surface area contributed by atoms with Gasteiger partial charge in [0.2, 0.25) is 10.0 Å². The zero-order valence-electron chi connectivity index (χ0n) is 19.3. The van der Waals surface area contributed by atoms with Crippen molar-refractivity contribution >= 4 is 43.2 Å². The number of fused-ring (bicyclic) bond motifs is 1. The van der Waals surface area contributed by atoms with E-state index in [1.165, 1.54) is 47.8 Å². The van der Waals surface area contributed by atoms with E-state index < -0.39 is 20.9 Å². The molecule has 10 nitrogen and oxygen atoms in total. The predicted molar refractivity (Wildman–Crippen MR) is 129 cm³/mol. The van der Waals surface area contributed by atoms with Crippen LogP contribution in [-0.2, 0) is 21.3 Å². The number of benzene rings is 2. The molecule has 0 aliphatic heterocycles. The number of hydrogen-bond acceptors (Lipinski definition) is 7. The van der Waals surface area contributed by atoms with E-state index in [0.717, 1.165) is 11.3 Å². The molecule has 12 heteroatoms. The summed E-state index contributed by atoms with van der Waals surface area (Å²) in [6, 6.07) is 9.90. The van der Waals surface area contributed by atoms with E-state index in [2.05, 4.69) is 4.99 Å². The average molecular weight is 507 g/mol. The molecule has 182 valence electrons. The molecule has 3 aromatic rings. The Hall–Kier alpha value is -2.93. The maximum atomic E-state index is 12.9. The van der Waals surface area contributed by atoms with Gasteiger partial charge < -0.3 is 9.30 Å². The third-order valence-electron chi connectivity index (χ3n) is 5.24. The number of thiazole rings is 1. The Kier molecular flexibility index (Phi) is 7.97. The van der Waals surface area contributed by atoms with Crippen molar-refractivity contribution in [3.8, 4) is 0 Å². The standard InChI is InChI=1S/C22H26N4O6S2/c1-5-32-13-12-25-19-11-8-17(26(28)29)14-20(19)33-22(25)23-21(27)16-6-9-18(10-7-16)34(30,31)24(4)15(2)3/h6-11,14-15H,5,12-13H2,1-4H3. The van der Waals surface area contributed by atoms with E-state index in [1.807, 2.05) is 6.92 Å². The Morgan fingerprint density at radius 1 is 1.24 bits per heavy atom. The quantitative estimate of drug-likeness (QED) is 0.249. The number of nitro benzene ring substituents is 1. The number of nitrogens with zero attached hydrogens (tertiary/aromatic N) is 4. The van der Waals surface area contributed by atoms with Gasteiger partial charge in [-0.1, -0.05) is 11.3 Å². The zero-order chi connectivity index (χ0) is 25.0. The summed E-state index contributed by atoms with van der Waals surface area (Å²) in [7, 11) is -2.17. The van der Waals surface area contributed by atoms with Crippen molar-refractivity contribution in [2.75, 3.05) is 20.3 Å². The number of aromatic nitrogens is 1. The number of amides is 1. The van der Waals surface area contributed by atoms with Crippen molar-refractivity contribution in [3.63, 3.8) is 0 Å². The molecule has 0 radical (unpaired) electrons. The van der Waals surface area contributed by atoms with Crippen LogP contribution in [0.25, 0.3) is 10.2 Å². The zero-order valence-corrected chi connectivity index (χ0v) is 20.9. The monoisotopic (exact) mass is 506 g/mol. The van der Waals surface area contributed by atoms with Gasteiger partial charge in [0.05, 0.1) is 26.6 Å². The van der Waals surface area contributed by atoms with E-state index >= 15 is 0 Å². The number of nitro groups is 1. The fourth-order valence-corrected chi connectivity index (χ4v) is 5.60. The molecule has 3 rings (SSSR count). The largest absolute Gasteiger partial charge is 0.380 e. The summed E-state index contributed by atoms with van der Waals surface area (Å²) < 4.78 is 34.4. The summed E-state index contributed by atoms with van der Waals surface area (Å²) in [5, 5.41) is 11.1. The van der Waals surface area contributed by atoms with Crippen LogP contribution < -0.4 is 4.80 Å². The molecule has 0 spiro atoms. The molecular weight excluding hydrogens is 480 g/mol. The molecular formula is C22H26N4O6S2. The Bertz CT molecular complexity index is 1370. The highest BCUT2D eigenvalue weighted by molar-refractivity contribution is 7.89. The second-order valence-corrected chi connectivity index (χ2v) is 10.7. The summed E-state index contributed by atoms with van der Waals surface area (Å²) in [5.41, 5.74) is 0.887. The molecule has 1 aromatic heterocycles. The normalized spacial score (nSPS) is 12.7. The predicted octanol–water partition coefficient (Wildman–Crippen LogP) is 3.42. The number of carbonyl (C=O) groups is 1. The minimum atomic E-state index is -3.67.